The van der Waals surface area contributed by atoms with Gasteiger partial charge in [0, 0.05) is 0 Å². The lowest BCUT2D eigenvalue weighted by molar-refractivity contribution is 0.247. The highest BCUT2D eigenvalue weighted by Crippen LogP contribution is 2.25. The zero-order valence-corrected chi connectivity index (χ0v) is 12.7. The first-order valence-corrected chi connectivity index (χ1v) is 6.78. The molecule has 2 amide bonds. The number of nitrogens with one attached hydrogen (secondary N) is 2. The fourth-order valence-electron chi connectivity index (χ4n) is 2.03. The normalized spacial score (nSPS) is 11.8. The van der Waals surface area contributed by atoms with Crippen molar-refractivity contribution >= 4 is 11.7 Å². The minimum absolute atomic E-state index is 0.213. The Bertz CT molecular complexity index is 634. The van der Waals surface area contributed by atoms with Crippen molar-refractivity contribution in [2.45, 2.75) is 26.8 Å². The van der Waals surface area contributed by atoms with Crippen LogP contribution in [0.2, 0.25) is 0 Å². The van der Waals surface area contributed by atoms with Crippen molar-refractivity contribution in [1.29, 1.82) is 0 Å². The van der Waals surface area contributed by atoms with E-state index in [4.69, 9.17) is 9.15 Å². The van der Waals surface area contributed by atoms with Gasteiger partial charge in [0.2, 0.25) is 0 Å². The van der Waals surface area contributed by atoms with Crippen molar-refractivity contribution in [2.24, 2.45) is 0 Å². The fourth-order valence-corrected chi connectivity index (χ4v) is 2.03. The van der Waals surface area contributed by atoms with Gasteiger partial charge in [0.05, 0.1) is 18.8 Å². The maximum atomic E-state index is 12.1. The molecule has 2 rings (SSSR count). The van der Waals surface area contributed by atoms with E-state index in [2.05, 4.69) is 10.6 Å². The van der Waals surface area contributed by atoms with Crippen molar-refractivity contribution in [1.82, 2.24) is 5.32 Å². The number of anilines is 1. The maximum absolute atomic E-state index is 12.1. The molecule has 0 unspecified atom stereocenters. The van der Waals surface area contributed by atoms with Gasteiger partial charge >= 0.3 is 6.03 Å². The summed E-state index contributed by atoms with van der Waals surface area (Å²) in [6.07, 6.45) is 0. The molecule has 2 N–H and O–H groups in total. The molecule has 0 saturated heterocycles. The molecule has 112 valence electrons. The molecule has 0 aliphatic rings. The molecule has 0 spiro atoms. The Kier molecular flexibility index (Phi) is 4.52. The quantitative estimate of drug-likeness (QED) is 0.899. The second-order valence-corrected chi connectivity index (χ2v) is 4.97. The van der Waals surface area contributed by atoms with Gasteiger partial charge in [0.15, 0.2) is 0 Å². The number of benzene rings is 1. The molecule has 1 aromatic heterocycles. The highest BCUT2D eigenvalue weighted by Gasteiger charge is 2.14. The van der Waals surface area contributed by atoms with Crippen LogP contribution in [-0.4, -0.2) is 13.1 Å². The van der Waals surface area contributed by atoms with Crippen LogP contribution in [0.4, 0.5) is 10.5 Å². The van der Waals surface area contributed by atoms with Crippen molar-refractivity contribution in [3.8, 4) is 5.75 Å². The molecule has 1 heterocycles. The molecule has 2 aromatic rings. The summed E-state index contributed by atoms with van der Waals surface area (Å²) in [5, 5.41) is 5.62. The molecule has 0 saturated carbocycles. The minimum Gasteiger partial charge on any atom is -0.495 e. The fraction of sp³-hybridized carbons (Fsp3) is 0.312. The van der Waals surface area contributed by atoms with Gasteiger partial charge in [-0.1, -0.05) is 6.07 Å². The molecule has 0 radical (unpaired) electrons. The molecule has 0 bridgehead atoms. The van der Waals surface area contributed by atoms with Gasteiger partial charge in [-0.2, -0.15) is 0 Å². The van der Waals surface area contributed by atoms with Crippen LogP contribution in [0.15, 0.2) is 34.7 Å². The zero-order chi connectivity index (χ0) is 15.4. The maximum Gasteiger partial charge on any atom is 0.319 e. The first kappa shape index (κ1) is 15.0. The van der Waals surface area contributed by atoms with Gasteiger partial charge in [-0.15, -0.1) is 0 Å². The summed E-state index contributed by atoms with van der Waals surface area (Å²) < 4.78 is 10.7. The first-order valence-electron chi connectivity index (χ1n) is 6.78. The van der Waals surface area contributed by atoms with E-state index in [0.717, 1.165) is 17.1 Å². The molecule has 0 aliphatic heterocycles. The minimum atomic E-state index is -0.305. The van der Waals surface area contributed by atoms with E-state index in [0.29, 0.717) is 11.4 Å². The molecular weight excluding hydrogens is 268 g/mol. The van der Waals surface area contributed by atoms with E-state index in [9.17, 15) is 4.79 Å². The lowest BCUT2D eigenvalue weighted by Crippen LogP contribution is -2.31. The summed E-state index contributed by atoms with van der Waals surface area (Å²) in [7, 11) is 1.57. The molecule has 5 nitrogen and oxygen atoms in total. The number of rotatable bonds is 4. The number of ether oxygens (including phenoxy) is 1. The van der Waals surface area contributed by atoms with Crippen LogP contribution in [0.3, 0.4) is 0 Å². The van der Waals surface area contributed by atoms with Crippen LogP contribution >= 0.6 is 0 Å². The highest BCUT2D eigenvalue weighted by atomic mass is 16.5. The smallest absolute Gasteiger partial charge is 0.319 e. The first-order chi connectivity index (χ1) is 9.99. The van der Waals surface area contributed by atoms with Crippen LogP contribution < -0.4 is 15.4 Å². The van der Waals surface area contributed by atoms with E-state index >= 15 is 0 Å². The van der Waals surface area contributed by atoms with Gasteiger partial charge < -0.3 is 19.8 Å². The SMILES string of the molecule is COc1ccc(C)cc1NC(=O)N[C@@H](C)c1ccc(C)o1. The number of amides is 2. The lowest BCUT2D eigenvalue weighted by Gasteiger charge is -2.14. The molecule has 21 heavy (non-hydrogen) atoms. The van der Waals surface area contributed by atoms with Gasteiger partial charge in [-0.25, -0.2) is 4.79 Å². The van der Waals surface area contributed by atoms with Gasteiger partial charge in [-0.3, -0.25) is 0 Å². The number of hydrogen-bond donors (Lipinski definition) is 2. The second kappa shape index (κ2) is 6.35. The Morgan fingerprint density at radius 2 is 2.00 bits per heavy atom. The molecule has 5 heteroatoms. The summed E-state index contributed by atoms with van der Waals surface area (Å²) >= 11 is 0. The third-order valence-corrected chi connectivity index (χ3v) is 3.14. The Labute approximate surface area is 124 Å². The van der Waals surface area contributed by atoms with E-state index in [1.807, 2.05) is 51.1 Å². The van der Waals surface area contributed by atoms with Gasteiger partial charge in [-0.05, 0) is 50.6 Å². The molecule has 0 aliphatic carbocycles. The van der Waals surface area contributed by atoms with Crippen LogP contribution in [0, 0.1) is 13.8 Å². The topological polar surface area (TPSA) is 63.5 Å². The summed E-state index contributed by atoms with van der Waals surface area (Å²) in [6.45, 7) is 5.69. The number of aryl methyl sites for hydroxylation is 2. The highest BCUT2D eigenvalue weighted by molar-refractivity contribution is 5.91. The van der Waals surface area contributed by atoms with E-state index < -0.39 is 0 Å². The standard InChI is InChI=1S/C16H20N2O3/c1-10-5-7-15(20-4)13(9-10)18-16(19)17-12(3)14-8-6-11(2)21-14/h5-9,12H,1-4H3,(H2,17,18,19)/t12-/m0/s1. The molecule has 1 atom stereocenters. The van der Waals surface area contributed by atoms with Gasteiger partial charge in [0.1, 0.15) is 17.3 Å². The van der Waals surface area contributed by atoms with Crippen molar-refractivity contribution in [2.75, 3.05) is 12.4 Å². The number of carbonyl (C=O) groups is 1. The van der Waals surface area contributed by atoms with E-state index in [-0.39, 0.29) is 12.1 Å². The number of carbonyl (C=O) groups excluding carboxylic acids is 1. The van der Waals surface area contributed by atoms with Crippen molar-refractivity contribution in [3.05, 3.63) is 47.4 Å². The zero-order valence-electron chi connectivity index (χ0n) is 12.7. The summed E-state index contributed by atoms with van der Waals surface area (Å²) in [5.41, 5.74) is 1.68. The average molecular weight is 288 g/mol. The predicted octanol–water partition coefficient (Wildman–Crippen LogP) is 3.79. The van der Waals surface area contributed by atoms with E-state index in [1.54, 1.807) is 7.11 Å². The molecule has 0 fully saturated rings. The van der Waals surface area contributed by atoms with Crippen LogP contribution in [-0.2, 0) is 0 Å². The monoisotopic (exact) mass is 288 g/mol. The third-order valence-electron chi connectivity index (χ3n) is 3.14. The molecule has 1 aromatic carbocycles. The summed E-state index contributed by atoms with van der Waals surface area (Å²) in [5.74, 6) is 2.16. The molecular formula is C16H20N2O3. The number of urea groups is 1. The second-order valence-electron chi connectivity index (χ2n) is 4.97. The number of methoxy groups -OCH3 is 1. The van der Waals surface area contributed by atoms with Crippen LogP contribution in [0.25, 0.3) is 0 Å². The Morgan fingerprint density at radius 3 is 2.62 bits per heavy atom. The lowest BCUT2D eigenvalue weighted by atomic mass is 10.2. The van der Waals surface area contributed by atoms with Gasteiger partial charge in [0.25, 0.3) is 0 Å². The summed E-state index contributed by atoms with van der Waals surface area (Å²) in [4.78, 5) is 12.1. The van der Waals surface area contributed by atoms with Crippen LogP contribution in [0.5, 0.6) is 5.75 Å². The average Bonchev–Trinajstić information content (AvgIpc) is 2.85. The largest absolute Gasteiger partial charge is 0.495 e. The Morgan fingerprint density at radius 1 is 1.24 bits per heavy atom. The van der Waals surface area contributed by atoms with Crippen molar-refractivity contribution in [3.63, 3.8) is 0 Å². The number of hydrogen-bond acceptors (Lipinski definition) is 3. The third kappa shape index (κ3) is 3.78. The predicted molar refractivity (Wildman–Crippen MR) is 81.7 cm³/mol. The Hall–Kier alpha value is -2.43. The summed E-state index contributed by atoms with van der Waals surface area (Å²) in [6, 6.07) is 8.82. The van der Waals surface area contributed by atoms with Crippen LogP contribution in [0.1, 0.15) is 30.0 Å². The number of furan rings is 1. The Balaban J connectivity index is 2.03. The van der Waals surface area contributed by atoms with Crippen molar-refractivity contribution < 1.29 is 13.9 Å². The van der Waals surface area contributed by atoms with E-state index in [1.165, 1.54) is 0 Å².